The zero-order valence-electron chi connectivity index (χ0n) is 14.9. The molecule has 5 nitrogen and oxygen atoms in total. The van der Waals surface area contributed by atoms with Gasteiger partial charge in [-0.2, -0.15) is 0 Å². The summed E-state index contributed by atoms with van der Waals surface area (Å²) in [5, 5.41) is -1.21. The SMILES string of the molecule is CC(C(=O)N1CCOC(c2c(F)cccc2Cl)C1)S(=O)(=O)c1ccc(F)cc1. The number of halogens is 3. The molecular weight excluding hydrogens is 412 g/mol. The van der Waals surface area contributed by atoms with Crippen LogP contribution >= 0.6 is 11.6 Å². The minimum absolute atomic E-state index is 0.0250. The summed E-state index contributed by atoms with van der Waals surface area (Å²) in [6, 6.07) is 8.51. The molecule has 2 atom stereocenters. The Morgan fingerprint density at radius 2 is 1.89 bits per heavy atom. The average molecular weight is 430 g/mol. The number of sulfone groups is 1. The van der Waals surface area contributed by atoms with Gasteiger partial charge in [-0.15, -0.1) is 0 Å². The Morgan fingerprint density at radius 1 is 1.21 bits per heavy atom. The van der Waals surface area contributed by atoms with E-state index >= 15 is 0 Å². The van der Waals surface area contributed by atoms with Gasteiger partial charge in [0.05, 0.1) is 18.0 Å². The van der Waals surface area contributed by atoms with Crippen LogP contribution in [0.15, 0.2) is 47.4 Å². The number of carbonyl (C=O) groups excluding carboxylic acids is 1. The molecule has 0 N–H and O–H groups in total. The van der Waals surface area contributed by atoms with Crippen molar-refractivity contribution in [2.24, 2.45) is 0 Å². The predicted octanol–water partition coefficient (Wildman–Crippen LogP) is 3.38. The van der Waals surface area contributed by atoms with Crippen molar-refractivity contribution >= 4 is 27.3 Å². The molecule has 0 radical (unpaired) electrons. The van der Waals surface area contributed by atoms with Gasteiger partial charge < -0.3 is 9.64 Å². The Hall–Kier alpha value is -2.03. The number of morpholine rings is 1. The van der Waals surface area contributed by atoms with Crippen molar-refractivity contribution in [2.75, 3.05) is 19.7 Å². The van der Waals surface area contributed by atoms with E-state index in [1.54, 1.807) is 0 Å². The molecule has 0 saturated carbocycles. The highest BCUT2D eigenvalue weighted by molar-refractivity contribution is 7.92. The Kier molecular flexibility index (Phi) is 6.02. The molecule has 2 unspecified atom stereocenters. The lowest BCUT2D eigenvalue weighted by Gasteiger charge is -2.35. The van der Waals surface area contributed by atoms with Gasteiger partial charge in [-0.1, -0.05) is 17.7 Å². The maximum atomic E-state index is 14.2. The van der Waals surface area contributed by atoms with Gasteiger partial charge in [-0.3, -0.25) is 4.79 Å². The van der Waals surface area contributed by atoms with Crippen LogP contribution < -0.4 is 0 Å². The Bertz CT molecular complexity index is 962. The lowest BCUT2D eigenvalue weighted by atomic mass is 10.1. The van der Waals surface area contributed by atoms with E-state index in [0.717, 1.165) is 24.3 Å². The maximum absolute atomic E-state index is 14.2. The number of rotatable bonds is 4. The second-order valence-corrected chi connectivity index (χ2v) is 9.10. The minimum Gasteiger partial charge on any atom is -0.370 e. The number of carbonyl (C=O) groups is 1. The van der Waals surface area contributed by atoms with Gasteiger partial charge in [0, 0.05) is 17.1 Å². The van der Waals surface area contributed by atoms with E-state index in [0.29, 0.717) is 0 Å². The molecule has 2 aromatic carbocycles. The first-order valence-corrected chi connectivity index (χ1v) is 10.5. The number of ether oxygens (including phenoxy) is 1. The minimum atomic E-state index is -4.00. The Labute approximate surface area is 166 Å². The number of hydrogen-bond acceptors (Lipinski definition) is 4. The lowest BCUT2D eigenvalue weighted by Crippen LogP contribution is -2.48. The zero-order chi connectivity index (χ0) is 20.5. The van der Waals surface area contributed by atoms with Gasteiger partial charge in [-0.25, -0.2) is 17.2 Å². The molecular formula is C19H18ClF2NO4S. The van der Waals surface area contributed by atoms with Crippen molar-refractivity contribution in [2.45, 2.75) is 23.2 Å². The monoisotopic (exact) mass is 429 g/mol. The second-order valence-electron chi connectivity index (χ2n) is 6.42. The van der Waals surface area contributed by atoms with Crippen molar-refractivity contribution in [1.82, 2.24) is 4.90 Å². The highest BCUT2D eigenvalue weighted by atomic mass is 35.5. The van der Waals surface area contributed by atoms with Gasteiger partial charge in [0.2, 0.25) is 5.91 Å². The normalized spacial score (nSPS) is 18.7. The molecule has 0 bridgehead atoms. The first-order chi connectivity index (χ1) is 13.2. The van der Waals surface area contributed by atoms with Crippen LogP contribution in [0, 0.1) is 11.6 Å². The summed E-state index contributed by atoms with van der Waals surface area (Å²) in [4.78, 5) is 14.0. The molecule has 9 heteroatoms. The fraction of sp³-hybridized carbons (Fsp3) is 0.316. The molecule has 3 rings (SSSR count). The fourth-order valence-electron chi connectivity index (χ4n) is 3.06. The third-order valence-corrected chi connectivity index (χ3v) is 7.05. The van der Waals surface area contributed by atoms with Crippen LogP contribution in [0.3, 0.4) is 0 Å². The first kappa shape index (κ1) is 20.7. The molecule has 1 fully saturated rings. The average Bonchev–Trinajstić information content (AvgIpc) is 2.67. The predicted molar refractivity (Wildman–Crippen MR) is 99.7 cm³/mol. The number of nitrogens with zero attached hydrogens (tertiary/aromatic N) is 1. The van der Waals surface area contributed by atoms with Crippen molar-refractivity contribution in [3.63, 3.8) is 0 Å². The van der Waals surface area contributed by atoms with E-state index in [1.807, 2.05) is 0 Å². The third kappa shape index (κ3) is 4.04. The lowest BCUT2D eigenvalue weighted by molar-refractivity contribution is -0.138. The third-order valence-electron chi connectivity index (χ3n) is 4.66. The molecule has 1 aliphatic rings. The van der Waals surface area contributed by atoms with Gasteiger partial charge in [0.25, 0.3) is 0 Å². The maximum Gasteiger partial charge on any atom is 0.241 e. The van der Waals surface area contributed by atoms with E-state index in [2.05, 4.69) is 0 Å². The zero-order valence-corrected chi connectivity index (χ0v) is 16.5. The molecule has 1 amide bonds. The summed E-state index contributed by atoms with van der Waals surface area (Å²) in [7, 11) is -4.00. The van der Waals surface area contributed by atoms with E-state index < -0.39 is 38.7 Å². The Balaban J connectivity index is 1.81. The van der Waals surface area contributed by atoms with Crippen LogP contribution in [-0.2, 0) is 19.4 Å². The van der Waals surface area contributed by atoms with Crippen molar-refractivity contribution < 1.29 is 26.7 Å². The van der Waals surface area contributed by atoms with Crippen LogP contribution in [0.5, 0.6) is 0 Å². The van der Waals surface area contributed by atoms with Crippen molar-refractivity contribution in [1.29, 1.82) is 0 Å². The molecule has 150 valence electrons. The fourth-order valence-corrected chi connectivity index (χ4v) is 4.68. The molecule has 2 aromatic rings. The van der Waals surface area contributed by atoms with Gasteiger partial charge in [0.1, 0.15) is 23.0 Å². The van der Waals surface area contributed by atoms with Crippen LogP contribution in [0.1, 0.15) is 18.6 Å². The standard InChI is InChI=1S/C19H18ClF2NO4S/c1-12(28(25,26)14-7-5-13(21)6-8-14)19(24)23-9-10-27-17(11-23)18-15(20)3-2-4-16(18)22/h2-8,12,17H,9-11H2,1H3. The highest BCUT2D eigenvalue weighted by Gasteiger charge is 2.36. The number of hydrogen-bond donors (Lipinski definition) is 0. The summed E-state index contributed by atoms with van der Waals surface area (Å²) < 4.78 is 58.2. The van der Waals surface area contributed by atoms with E-state index in [9.17, 15) is 22.0 Å². The molecule has 1 aliphatic heterocycles. The molecule has 0 spiro atoms. The first-order valence-electron chi connectivity index (χ1n) is 8.55. The van der Waals surface area contributed by atoms with Gasteiger partial charge >= 0.3 is 0 Å². The molecule has 0 aromatic heterocycles. The van der Waals surface area contributed by atoms with Gasteiger partial charge in [0.15, 0.2) is 9.84 Å². The summed E-state index contributed by atoms with van der Waals surface area (Å²) >= 11 is 6.07. The van der Waals surface area contributed by atoms with E-state index in [1.165, 1.54) is 30.0 Å². The molecule has 28 heavy (non-hydrogen) atoms. The van der Waals surface area contributed by atoms with Crippen LogP contribution in [-0.4, -0.2) is 44.2 Å². The van der Waals surface area contributed by atoms with Crippen LogP contribution in [0.25, 0.3) is 0 Å². The Morgan fingerprint density at radius 3 is 2.54 bits per heavy atom. The molecule has 1 heterocycles. The molecule has 0 aliphatic carbocycles. The van der Waals surface area contributed by atoms with Crippen molar-refractivity contribution in [3.8, 4) is 0 Å². The van der Waals surface area contributed by atoms with E-state index in [-0.39, 0.29) is 35.2 Å². The summed E-state index contributed by atoms with van der Waals surface area (Å²) in [6.07, 6.45) is -0.799. The van der Waals surface area contributed by atoms with Crippen molar-refractivity contribution in [3.05, 3.63) is 64.7 Å². The number of amides is 1. The second kappa shape index (κ2) is 8.14. The number of benzene rings is 2. The van der Waals surface area contributed by atoms with Crippen LogP contribution in [0.4, 0.5) is 8.78 Å². The highest BCUT2D eigenvalue weighted by Crippen LogP contribution is 2.31. The summed E-state index contributed by atoms with van der Waals surface area (Å²) in [5.41, 5.74) is 0.135. The smallest absolute Gasteiger partial charge is 0.241 e. The van der Waals surface area contributed by atoms with Gasteiger partial charge in [-0.05, 0) is 43.3 Å². The topological polar surface area (TPSA) is 63.7 Å². The summed E-state index contributed by atoms with van der Waals surface area (Å²) in [6.45, 7) is 1.54. The molecule has 1 saturated heterocycles. The van der Waals surface area contributed by atoms with E-state index in [4.69, 9.17) is 16.3 Å². The summed E-state index contributed by atoms with van der Waals surface area (Å²) in [5.74, 6) is -1.76. The quantitative estimate of drug-likeness (QED) is 0.699. The largest absolute Gasteiger partial charge is 0.370 e. The van der Waals surface area contributed by atoms with Crippen LogP contribution in [0.2, 0.25) is 5.02 Å².